The van der Waals surface area contributed by atoms with E-state index in [1.807, 2.05) is 0 Å². The molecule has 0 spiro atoms. The van der Waals surface area contributed by atoms with E-state index in [0.29, 0.717) is 0 Å². The van der Waals surface area contributed by atoms with E-state index in [0.717, 1.165) is 32.7 Å². The Morgan fingerprint density at radius 1 is 0.609 bits per heavy atom. The average molecular weight is 326 g/mol. The van der Waals surface area contributed by atoms with Crippen LogP contribution < -0.4 is 11.5 Å². The van der Waals surface area contributed by atoms with Gasteiger partial charge in [0.25, 0.3) is 0 Å². The zero-order valence-electron chi connectivity index (χ0n) is 15.8. The molecule has 0 saturated heterocycles. The Morgan fingerprint density at radius 2 is 1.09 bits per heavy atom. The summed E-state index contributed by atoms with van der Waals surface area (Å²) in [5.41, 5.74) is 11.2. The summed E-state index contributed by atoms with van der Waals surface area (Å²) in [7, 11) is 0. The van der Waals surface area contributed by atoms with E-state index < -0.39 is 0 Å². The molecule has 0 aromatic carbocycles. The van der Waals surface area contributed by atoms with E-state index in [4.69, 9.17) is 11.5 Å². The molecule has 0 aromatic heterocycles. The molecule has 4 N–H and O–H groups in total. The quantitative estimate of drug-likeness (QED) is 0.289. The van der Waals surface area contributed by atoms with Crippen LogP contribution in [0.15, 0.2) is 12.2 Å². The van der Waals surface area contributed by atoms with E-state index in [9.17, 15) is 0 Å². The summed E-state index contributed by atoms with van der Waals surface area (Å²) in [6.07, 6.45) is 21.1. The largest absolute Gasteiger partial charge is 0.329 e. The Labute approximate surface area is 145 Å². The first-order valence-electron chi connectivity index (χ1n) is 10.1. The first-order chi connectivity index (χ1) is 11.3. The highest BCUT2D eigenvalue weighted by Gasteiger charge is 2.00. The smallest absolute Gasteiger partial charge is 0.0105 e. The molecule has 0 bridgehead atoms. The van der Waals surface area contributed by atoms with Crippen molar-refractivity contribution in [2.45, 2.75) is 84.0 Å². The predicted octanol–water partition coefficient (Wildman–Crippen LogP) is 4.46. The standard InChI is InChI=1S/C20H43N3/c1-2-3-4-5-6-7-8-9-10-11-12-13-14-15-18-23(19-16-21)20-17-22/h12-13H,2-11,14-22H2,1H3/b13-12+. The molecule has 0 amide bonds. The SMILES string of the molecule is CCCCCCCCCCC/C=C/CCCN(CCN)CCN. The number of hydrogen-bond donors (Lipinski definition) is 2. The third-order valence-corrected chi connectivity index (χ3v) is 4.38. The number of nitrogens with two attached hydrogens (primary N) is 2. The second-order valence-electron chi connectivity index (χ2n) is 6.65. The van der Waals surface area contributed by atoms with E-state index in [2.05, 4.69) is 24.0 Å². The number of hydrogen-bond acceptors (Lipinski definition) is 3. The summed E-state index contributed by atoms with van der Waals surface area (Å²) < 4.78 is 0. The summed E-state index contributed by atoms with van der Waals surface area (Å²) in [4.78, 5) is 2.37. The van der Waals surface area contributed by atoms with E-state index in [-0.39, 0.29) is 0 Å². The molecule has 3 nitrogen and oxygen atoms in total. The lowest BCUT2D eigenvalue weighted by Gasteiger charge is -2.19. The third-order valence-electron chi connectivity index (χ3n) is 4.38. The van der Waals surface area contributed by atoms with Crippen LogP contribution >= 0.6 is 0 Å². The van der Waals surface area contributed by atoms with Crippen molar-refractivity contribution in [2.24, 2.45) is 11.5 Å². The molecule has 23 heavy (non-hydrogen) atoms. The maximum Gasteiger partial charge on any atom is 0.0105 e. The van der Waals surface area contributed by atoms with Crippen molar-refractivity contribution < 1.29 is 0 Å². The molecular formula is C20H43N3. The van der Waals surface area contributed by atoms with Crippen LogP contribution in [0.3, 0.4) is 0 Å². The van der Waals surface area contributed by atoms with Gasteiger partial charge in [-0.15, -0.1) is 0 Å². The van der Waals surface area contributed by atoms with Crippen molar-refractivity contribution in [3.05, 3.63) is 12.2 Å². The van der Waals surface area contributed by atoms with Crippen molar-refractivity contribution in [3.63, 3.8) is 0 Å². The minimum atomic E-state index is 0.731. The van der Waals surface area contributed by atoms with Gasteiger partial charge in [0.1, 0.15) is 0 Å². The monoisotopic (exact) mass is 325 g/mol. The molecule has 0 aromatic rings. The second-order valence-corrected chi connectivity index (χ2v) is 6.65. The van der Waals surface area contributed by atoms with Gasteiger partial charge in [-0.05, 0) is 32.2 Å². The lowest BCUT2D eigenvalue weighted by molar-refractivity contribution is 0.286. The molecule has 138 valence electrons. The van der Waals surface area contributed by atoms with Gasteiger partial charge in [0.15, 0.2) is 0 Å². The summed E-state index contributed by atoms with van der Waals surface area (Å²) >= 11 is 0. The van der Waals surface area contributed by atoms with E-state index >= 15 is 0 Å². The predicted molar refractivity (Wildman–Crippen MR) is 105 cm³/mol. The van der Waals surface area contributed by atoms with Gasteiger partial charge in [-0.25, -0.2) is 0 Å². The molecule has 0 rings (SSSR count). The molecule has 0 fully saturated rings. The maximum atomic E-state index is 5.61. The fourth-order valence-corrected chi connectivity index (χ4v) is 2.94. The Hall–Kier alpha value is -0.380. The molecule has 0 saturated carbocycles. The molecular weight excluding hydrogens is 282 g/mol. The van der Waals surface area contributed by atoms with Crippen LogP contribution in [-0.2, 0) is 0 Å². The van der Waals surface area contributed by atoms with Crippen LogP contribution in [0.2, 0.25) is 0 Å². The van der Waals surface area contributed by atoms with Gasteiger partial charge in [-0.2, -0.15) is 0 Å². The van der Waals surface area contributed by atoms with Crippen molar-refractivity contribution in [2.75, 3.05) is 32.7 Å². The van der Waals surface area contributed by atoms with Gasteiger partial charge in [0.2, 0.25) is 0 Å². The highest BCUT2D eigenvalue weighted by molar-refractivity contribution is 4.81. The number of rotatable bonds is 18. The highest BCUT2D eigenvalue weighted by atomic mass is 15.1. The Kier molecular flexibility index (Phi) is 19.3. The minimum absolute atomic E-state index is 0.731. The van der Waals surface area contributed by atoms with Gasteiger partial charge in [-0.1, -0.05) is 70.4 Å². The van der Waals surface area contributed by atoms with Crippen LogP contribution in [0, 0.1) is 0 Å². The Balaban J connectivity index is 3.27. The molecule has 3 heteroatoms. The summed E-state index contributed by atoms with van der Waals surface area (Å²) in [6, 6.07) is 0. The molecule has 0 unspecified atom stereocenters. The van der Waals surface area contributed by atoms with Gasteiger partial charge in [-0.3, -0.25) is 0 Å². The first kappa shape index (κ1) is 22.6. The normalized spacial score (nSPS) is 11.8. The second kappa shape index (κ2) is 19.7. The molecule has 0 aliphatic heterocycles. The lowest BCUT2D eigenvalue weighted by Crippen LogP contribution is -2.34. The minimum Gasteiger partial charge on any atom is -0.329 e. The van der Waals surface area contributed by atoms with Crippen LogP contribution in [0.4, 0.5) is 0 Å². The van der Waals surface area contributed by atoms with Crippen LogP contribution in [0.1, 0.15) is 84.0 Å². The van der Waals surface area contributed by atoms with Gasteiger partial charge < -0.3 is 16.4 Å². The zero-order chi connectivity index (χ0) is 17.0. The fraction of sp³-hybridized carbons (Fsp3) is 0.900. The first-order valence-corrected chi connectivity index (χ1v) is 10.1. The zero-order valence-corrected chi connectivity index (χ0v) is 15.8. The molecule has 0 aliphatic rings. The lowest BCUT2D eigenvalue weighted by atomic mass is 10.1. The van der Waals surface area contributed by atoms with Gasteiger partial charge in [0, 0.05) is 26.2 Å². The summed E-state index contributed by atoms with van der Waals surface area (Å²) in [5.74, 6) is 0. The highest BCUT2D eigenvalue weighted by Crippen LogP contribution is 2.10. The topological polar surface area (TPSA) is 55.3 Å². The number of allylic oxidation sites excluding steroid dienone is 2. The van der Waals surface area contributed by atoms with Crippen molar-refractivity contribution in [1.29, 1.82) is 0 Å². The molecule has 0 heterocycles. The number of nitrogens with zero attached hydrogens (tertiary/aromatic N) is 1. The Bertz CT molecular complexity index is 235. The van der Waals surface area contributed by atoms with E-state index in [1.165, 1.54) is 77.0 Å². The van der Waals surface area contributed by atoms with Crippen LogP contribution in [0.25, 0.3) is 0 Å². The molecule has 0 radical (unpaired) electrons. The molecule has 0 atom stereocenters. The maximum absolute atomic E-state index is 5.61. The van der Waals surface area contributed by atoms with Crippen LogP contribution in [-0.4, -0.2) is 37.6 Å². The van der Waals surface area contributed by atoms with Crippen LogP contribution in [0.5, 0.6) is 0 Å². The average Bonchev–Trinajstić information content (AvgIpc) is 2.55. The van der Waals surface area contributed by atoms with Crippen molar-refractivity contribution in [1.82, 2.24) is 4.90 Å². The fourth-order valence-electron chi connectivity index (χ4n) is 2.94. The van der Waals surface area contributed by atoms with Crippen molar-refractivity contribution >= 4 is 0 Å². The van der Waals surface area contributed by atoms with Gasteiger partial charge >= 0.3 is 0 Å². The third kappa shape index (κ3) is 17.8. The molecule has 0 aliphatic carbocycles. The summed E-state index contributed by atoms with van der Waals surface area (Å²) in [5, 5.41) is 0. The Morgan fingerprint density at radius 3 is 1.61 bits per heavy atom. The van der Waals surface area contributed by atoms with Gasteiger partial charge in [0.05, 0.1) is 0 Å². The van der Waals surface area contributed by atoms with Crippen molar-refractivity contribution in [3.8, 4) is 0 Å². The summed E-state index contributed by atoms with van der Waals surface area (Å²) in [6.45, 7) is 6.81. The number of unbranched alkanes of at least 4 members (excludes halogenated alkanes) is 10. The van der Waals surface area contributed by atoms with E-state index in [1.54, 1.807) is 0 Å².